The first kappa shape index (κ1) is 63.8. The van der Waals surface area contributed by atoms with Gasteiger partial charge in [0.05, 0.1) is 45.7 Å². The molecule has 10 N–H and O–H groups in total. The monoisotopic (exact) mass is 1350 g/mol. The van der Waals surface area contributed by atoms with Crippen LogP contribution < -0.4 is 11.5 Å². The maximum Gasteiger partial charge on any atom is 0.472 e. The van der Waals surface area contributed by atoms with Crippen molar-refractivity contribution >= 4 is 133 Å². The molecule has 0 spiro atoms. The van der Waals surface area contributed by atoms with Crippen molar-refractivity contribution in [2.45, 2.75) is 87.0 Å². The van der Waals surface area contributed by atoms with E-state index >= 15 is 0 Å². The molecule has 15 unspecified atom stereocenters. The zero-order valence-electron chi connectivity index (χ0n) is 49.2. The molecule has 0 aromatic heterocycles. The summed E-state index contributed by atoms with van der Waals surface area (Å²) in [5.41, 5.74) is 13.8. The number of phosphoric acid groups is 4. The molecule has 2 fully saturated rings. The molecule has 2 saturated heterocycles. The summed E-state index contributed by atoms with van der Waals surface area (Å²) < 4.78 is 106. The zero-order chi connectivity index (χ0) is 64.6. The Balaban J connectivity index is 0.674. The van der Waals surface area contributed by atoms with Crippen LogP contribution in [-0.4, -0.2) is 177 Å². The van der Waals surface area contributed by atoms with E-state index in [1.54, 1.807) is 9.80 Å². The minimum atomic E-state index is -5.23. The Labute approximate surface area is 529 Å². The van der Waals surface area contributed by atoms with Crippen molar-refractivity contribution in [3.05, 3.63) is 120 Å². The van der Waals surface area contributed by atoms with Gasteiger partial charge in [-0.3, -0.25) is 41.7 Å². The van der Waals surface area contributed by atoms with Crippen molar-refractivity contribution in [1.29, 1.82) is 0 Å². The number of aliphatic imine (C=N–C) groups is 6. The van der Waals surface area contributed by atoms with Crippen LogP contribution in [0.3, 0.4) is 0 Å². The Morgan fingerprint density at radius 2 is 0.892 bits per heavy atom. The molecule has 0 amide bonds. The SMILES string of the molecule is NC1=NC=NC2C1N=CN2C1CC(OP(=O)(O)O)C(COP(=O)(O)OCC(COP(=O)(O)OC2CC(N3C=NC4C(N)=NC=NC43)OC2COP(=O)(O)OCC(CO)Cc2ccc3ccc4cccc5ccc2c3c45)Cc2ccc3ccc4cccc5ccc2c3c45)O1. The first-order valence-electron chi connectivity index (χ1n) is 29.8. The van der Waals surface area contributed by atoms with Crippen molar-refractivity contribution in [2.75, 3.05) is 39.6 Å². The van der Waals surface area contributed by atoms with Crippen LogP contribution in [0.15, 0.2) is 139 Å². The van der Waals surface area contributed by atoms with Crippen molar-refractivity contribution < 1.29 is 89.0 Å². The lowest BCUT2D eigenvalue weighted by molar-refractivity contribution is -0.0639. The van der Waals surface area contributed by atoms with E-state index in [-0.39, 0.29) is 37.4 Å². The molecule has 14 rings (SSSR count). The number of nitrogens with zero attached hydrogens (tertiary/aromatic N) is 8. The molecule has 6 heterocycles. The van der Waals surface area contributed by atoms with E-state index in [0.29, 0.717) is 5.56 Å². The predicted molar refractivity (Wildman–Crippen MR) is 345 cm³/mol. The number of ether oxygens (including phenoxy) is 2. The highest BCUT2D eigenvalue weighted by Gasteiger charge is 2.50. The average molecular weight is 1350 g/mol. The van der Waals surface area contributed by atoms with Crippen LogP contribution in [0.2, 0.25) is 0 Å². The molecule has 0 saturated carbocycles. The lowest BCUT2D eigenvalue weighted by Gasteiger charge is -2.30. The Morgan fingerprint density at radius 3 is 1.34 bits per heavy atom. The Kier molecular flexibility index (Phi) is 17.5. The van der Waals surface area contributed by atoms with Gasteiger partial charge in [-0.1, -0.05) is 109 Å². The summed E-state index contributed by atoms with van der Waals surface area (Å²) in [7, 11) is -20.5. The topological polar surface area (TPSA) is 405 Å². The highest BCUT2D eigenvalue weighted by atomic mass is 31.2. The zero-order valence-corrected chi connectivity index (χ0v) is 52.8. The standard InChI is InChI=1S/C60H64N10O19P4/c61-57-55-59(65-29-63-57)69(31-67-55)49-21-45(88-90(72,73)74)47(86-49)27-84-92(77,78)82-25-34(20-42-14-12-40-10-8-36-4-2-6-38-16-18-44(42)54(40)52(36)38)26-83-93(79,80)89-46-22-50(70-32-68-56-58(62)64-30-66-60(56)70)87-48(46)28-85-91(75,76)81-24-33(23-71)19-41-13-11-39-9-7-35-3-1-5-37-15-17-43(41)53(39)51(35)37/h1-18,29-34,45-50,55-56,59-60,71H,19-28H2,(H,75,76)(H,77,78)(H,79,80)(H2,61,63,65)(H2,62,64,66)(H2,72,73,74). The van der Waals surface area contributed by atoms with Gasteiger partial charge < -0.3 is 60.3 Å². The fraction of sp³-hybridized carbons (Fsp3) is 0.367. The maximum absolute atomic E-state index is 14.4. The highest BCUT2D eigenvalue weighted by molar-refractivity contribution is 7.48. The summed E-state index contributed by atoms with van der Waals surface area (Å²) >= 11 is 0. The number of fused-ring (bicyclic) bond motifs is 2. The highest BCUT2D eigenvalue weighted by Crippen LogP contribution is 2.52. The van der Waals surface area contributed by atoms with Gasteiger partial charge in [0.1, 0.15) is 73.3 Å². The smallest absolute Gasteiger partial charge is 0.396 e. The molecule has 8 aromatic carbocycles. The molecule has 15 atom stereocenters. The lowest BCUT2D eigenvalue weighted by atomic mass is 9.89. The van der Waals surface area contributed by atoms with Gasteiger partial charge in [-0.15, -0.1) is 0 Å². The molecule has 29 nitrogen and oxygen atoms in total. The number of nitrogens with two attached hydrogens (primary N) is 2. The number of phosphoric ester groups is 4. The molecular weight excluding hydrogens is 1290 g/mol. The number of rotatable bonds is 26. The molecule has 93 heavy (non-hydrogen) atoms. The van der Waals surface area contributed by atoms with E-state index in [9.17, 15) is 47.8 Å². The van der Waals surface area contributed by atoms with Gasteiger partial charge >= 0.3 is 31.3 Å². The molecule has 33 heteroatoms. The maximum atomic E-state index is 14.4. The normalized spacial score (nSPS) is 27.2. The molecule has 0 bridgehead atoms. The van der Waals surface area contributed by atoms with Crippen LogP contribution in [0.4, 0.5) is 0 Å². The average Bonchev–Trinajstić information content (AvgIpc) is 1.71. The molecule has 8 aromatic rings. The fourth-order valence-electron chi connectivity index (χ4n) is 13.3. The number of hydrogen-bond acceptors (Lipinski definition) is 24. The van der Waals surface area contributed by atoms with Crippen LogP contribution in [0.1, 0.15) is 24.0 Å². The summed E-state index contributed by atoms with van der Waals surface area (Å²) in [6.45, 7) is -3.57. The molecule has 0 aliphatic carbocycles. The molecule has 6 aliphatic rings. The number of aliphatic hydroxyl groups is 1. The summed E-state index contributed by atoms with van der Waals surface area (Å²) in [6.07, 6.45) is -3.53. The van der Waals surface area contributed by atoms with Crippen molar-refractivity contribution in [3.8, 4) is 0 Å². The van der Waals surface area contributed by atoms with Crippen LogP contribution in [0, 0.1) is 11.8 Å². The predicted octanol–water partition coefficient (Wildman–Crippen LogP) is 6.84. The fourth-order valence-corrected chi connectivity index (χ4v) is 16.5. The number of hydrogen-bond donors (Lipinski definition) is 8. The van der Waals surface area contributed by atoms with E-state index in [2.05, 4.69) is 54.2 Å². The summed E-state index contributed by atoms with van der Waals surface area (Å²) in [4.78, 5) is 82.6. The van der Waals surface area contributed by atoms with Gasteiger partial charge in [0.15, 0.2) is 12.3 Å². The van der Waals surface area contributed by atoms with Crippen molar-refractivity contribution in [3.63, 3.8) is 0 Å². The Bertz CT molecular complexity index is 4530. The van der Waals surface area contributed by atoms with Crippen molar-refractivity contribution in [1.82, 2.24) is 9.80 Å². The quantitative estimate of drug-likeness (QED) is 0.0203. The van der Waals surface area contributed by atoms with Gasteiger partial charge in [0.2, 0.25) is 0 Å². The van der Waals surface area contributed by atoms with Crippen molar-refractivity contribution in [2.24, 2.45) is 53.3 Å². The second-order valence-electron chi connectivity index (χ2n) is 23.7. The summed E-state index contributed by atoms with van der Waals surface area (Å²) in [6, 6.07) is 34.6. The third kappa shape index (κ3) is 13.3. The minimum absolute atomic E-state index is 0.0212. The van der Waals surface area contributed by atoms with E-state index in [4.69, 9.17) is 52.6 Å². The first-order chi connectivity index (χ1) is 44.6. The van der Waals surface area contributed by atoms with Crippen LogP contribution in [0.25, 0.3) is 64.6 Å². The molecule has 0 radical (unpaired) electrons. The largest absolute Gasteiger partial charge is 0.472 e. The van der Waals surface area contributed by atoms with Gasteiger partial charge in [-0.2, -0.15) is 0 Å². The summed E-state index contributed by atoms with van der Waals surface area (Å²) in [5, 5.41) is 22.6. The third-order valence-corrected chi connectivity index (χ3v) is 21.1. The lowest BCUT2D eigenvalue weighted by Crippen LogP contribution is -2.47. The second kappa shape index (κ2) is 25.5. The van der Waals surface area contributed by atoms with Gasteiger partial charge in [-0.25, -0.2) is 38.2 Å². The Morgan fingerprint density at radius 1 is 0.495 bits per heavy atom. The first-order valence-corrected chi connectivity index (χ1v) is 35.8. The van der Waals surface area contributed by atoms with Gasteiger partial charge in [-0.05, 0) is 88.6 Å². The van der Waals surface area contributed by atoms with E-state index in [1.165, 1.54) is 25.4 Å². The van der Waals surface area contributed by atoms with E-state index < -0.39 is 144 Å². The second-order valence-corrected chi connectivity index (χ2v) is 29.2. The van der Waals surface area contributed by atoms with Crippen LogP contribution in [0.5, 0.6) is 0 Å². The number of amidine groups is 2. The molecular formula is C60H64N10O19P4. The van der Waals surface area contributed by atoms with E-state index in [0.717, 1.165) is 70.2 Å². The third-order valence-electron chi connectivity index (χ3n) is 17.7. The van der Waals surface area contributed by atoms with Crippen LogP contribution >= 0.6 is 31.3 Å². The summed E-state index contributed by atoms with van der Waals surface area (Å²) in [5.74, 6) is -1.30. The Hall–Kier alpha value is -6.62. The molecule has 488 valence electrons. The molecule has 6 aliphatic heterocycles. The number of aliphatic hydroxyl groups excluding tert-OH is 1. The van der Waals surface area contributed by atoms with E-state index in [1.807, 2.05) is 84.9 Å². The van der Waals surface area contributed by atoms with Crippen LogP contribution in [-0.2, 0) is 72.2 Å². The van der Waals surface area contributed by atoms with Gasteiger partial charge in [0.25, 0.3) is 0 Å². The number of benzene rings is 8. The minimum Gasteiger partial charge on any atom is -0.396 e. The van der Waals surface area contributed by atoms with Gasteiger partial charge in [0, 0.05) is 31.3 Å².